The van der Waals surface area contributed by atoms with Crippen molar-refractivity contribution in [3.63, 3.8) is 0 Å². The number of nitrogens with zero attached hydrogens (tertiary/aromatic N) is 2. The van der Waals surface area contributed by atoms with E-state index < -0.39 is 0 Å². The number of fused-ring (bicyclic) bond motifs is 2. The molecule has 1 atom stereocenters. The Labute approximate surface area is 186 Å². The lowest BCUT2D eigenvalue weighted by atomic mass is 10.0. The van der Waals surface area contributed by atoms with Crippen LogP contribution in [0, 0.1) is 0 Å². The molecule has 1 aromatic heterocycles. The molecule has 2 aliphatic heterocycles. The molecule has 0 saturated heterocycles. The van der Waals surface area contributed by atoms with Crippen molar-refractivity contribution < 1.29 is 23.7 Å². The van der Waals surface area contributed by atoms with Gasteiger partial charge < -0.3 is 24.3 Å². The molecule has 8 nitrogen and oxygen atoms in total. The number of hydrogen-bond donors (Lipinski definition) is 1. The van der Waals surface area contributed by atoms with E-state index in [4.69, 9.17) is 18.9 Å². The van der Waals surface area contributed by atoms with Crippen molar-refractivity contribution in [3.8, 4) is 23.0 Å². The average Bonchev–Trinajstić information content (AvgIpc) is 3.34. The molecule has 1 amide bonds. The quantitative estimate of drug-likeness (QED) is 0.639. The summed E-state index contributed by atoms with van der Waals surface area (Å²) < 4.78 is 25.1. The largest absolute Gasteiger partial charge is 0.486 e. The van der Waals surface area contributed by atoms with Gasteiger partial charge in [-0.3, -0.25) is 9.48 Å². The molecule has 3 heterocycles. The molecule has 2 aromatic carbocycles. The van der Waals surface area contributed by atoms with Crippen LogP contribution in [-0.2, 0) is 17.8 Å². The number of carbonyl (C=O) groups excluding carboxylic acids is 1. The Kier molecular flexibility index (Phi) is 5.13. The summed E-state index contributed by atoms with van der Waals surface area (Å²) >= 11 is 0. The van der Waals surface area contributed by atoms with Gasteiger partial charge in [-0.25, -0.2) is 0 Å². The summed E-state index contributed by atoms with van der Waals surface area (Å²) in [5.41, 5.74) is 1.41. The molecular weight excluding hydrogens is 410 g/mol. The van der Waals surface area contributed by atoms with Crippen LogP contribution in [0.3, 0.4) is 0 Å². The number of benzene rings is 2. The highest BCUT2D eigenvalue weighted by Gasteiger charge is 2.32. The molecule has 2 aliphatic rings. The monoisotopic (exact) mass is 435 g/mol. The van der Waals surface area contributed by atoms with Gasteiger partial charge in [0.25, 0.3) is 5.91 Å². The fourth-order valence-corrected chi connectivity index (χ4v) is 3.93. The third-order valence-electron chi connectivity index (χ3n) is 5.29. The smallest absolute Gasteiger partial charge is 0.262 e. The number of carbonyl (C=O) groups is 1. The minimum atomic E-state index is -0.273. The number of ether oxygens (including phenoxy) is 4. The highest BCUT2D eigenvalue weighted by Crippen LogP contribution is 2.41. The van der Waals surface area contributed by atoms with Gasteiger partial charge in [-0.1, -0.05) is 24.3 Å². The Morgan fingerprint density at radius 2 is 2.06 bits per heavy atom. The number of para-hydroxylation sites is 3. The number of hydrogen-bond acceptors (Lipinski definition) is 6. The van der Waals surface area contributed by atoms with E-state index >= 15 is 0 Å². The Bertz CT molecular complexity index is 1140. The molecule has 0 bridgehead atoms. The van der Waals surface area contributed by atoms with Gasteiger partial charge in [-0.05, 0) is 32.0 Å². The van der Waals surface area contributed by atoms with Gasteiger partial charge in [0.05, 0.1) is 18.4 Å². The standard InChI is InChI=1S/C24H25N3O5/c1-24(2)10-16-6-5-9-21(23(16)32-24)30-15-22(28)26-17-11-25-27(12-17)13-18-14-29-19-7-3-4-8-20(19)31-18/h3-9,11-12,18H,10,13-15H2,1-2H3,(H,26,28)/t18-/m0/s1. The Hall–Kier alpha value is -3.68. The molecule has 0 radical (unpaired) electrons. The number of nitrogens with one attached hydrogen (secondary N) is 1. The predicted molar refractivity (Wildman–Crippen MR) is 118 cm³/mol. The van der Waals surface area contributed by atoms with Gasteiger partial charge in [0, 0.05) is 18.2 Å². The van der Waals surface area contributed by atoms with Crippen molar-refractivity contribution in [1.82, 2.24) is 9.78 Å². The molecule has 0 unspecified atom stereocenters. The fraction of sp³-hybridized carbons (Fsp3) is 0.333. The minimum absolute atomic E-state index is 0.123. The molecule has 0 aliphatic carbocycles. The van der Waals surface area contributed by atoms with Crippen molar-refractivity contribution in [2.45, 2.75) is 38.5 Å². The maximum absolute atomic E-state index is 12.4. The molecule has 166 valence electrons. The molecule has 8 heteroatoms. The van der Waals surface area contributed by atoms with Crippen molar-refractivity contribution >= 4 is 11.6 Å². The lowest BCUT2D eigenvalue weighted by Crippen LogP contribution is -2.33. The molecule has 32 heavy (non-hydrogen) atoms. The highest BCUT2D eigenvalue weighted by molar-refractivity contribution is 5.91. The van der Waals surface area contributed by atoms with E-state index in [0.29, 0.717) is 24.6 Å². The van der Waals surface area contributed by atoms with Crippen LogP contribution in [-0.4, -0.2) is 40.6 Å². The van der Waals surface area contributed by atoms with Gasteiger partial charge in [-0.2, -0.15) is 5.10 Å². The zero-order valence-corrected chi connectivity index (χ0v) is 18.0. The summed E-state index contributed by atoms with van der Waals surface area (Å²) in [4.78, 5) is 12.4. The lowest BCUT2D eigenvalue weighted by Gasteiger charge is -2.26. The van der Waals surface area contributed by atoms with Crippen LogP contribution in [0.25, 0.3) is 0 Å². The number of rotatable bonds is 6. The Morgan fingerprint density at radius 1 is 1.22 bits per heavy atom. The van der Waals surface area contributed by atoms with Gasteiger partial charge in [0.15, 0.2) is 35.7 Å². The lowest BCUT2D eigenvalue weighted by molar-refractivity contribution is -0.118. The SMILES string of the molecule is CC1(C)Cc2cccc(OCC(=O)Nc3cnn(C[C@H]4COc5ccccc5O4)c3)c2O1. The van der Waals surface area contributed by atoms with Crippen LogP contribution in [0.2, 0.25) is 0 Å². The molecule has 3 aromatic rings. The van der Waals surface area contributed by atoms with E-state index in [0.717, 1.165) is 29.2 Å². The summed E-state index contributed by atoms with van der Waals surface area (Å²) in [5.74, 6) is 2.49. The van der Waals surface area contributed by atoms with E-state index in [1.54, 1.807) is 17.1 Å². The van der Waals surface area contributed by atoms with Crippen LogP contribution in [0.5, 0.6) is 23.0 Å². The van der Waals surface area contributed by atoms with Crippen molar-refractivity contribution in [2.24, 2.45) is 0 Å². The summed E-state index contributed by atoms with van der Waals surface area (Å²) in [6, 6.07) is 13.3. The van der Waals surface area contributed by atoms with Crippen LogP contribution in [0.15, 0.2) is 54.9 Å². The van der Waals surface area contributed by atoms with Crippen LogP contribution >= 0.6 is 0 Å². The summed E-state index contributed by atoms with van der Waals surface area (Å²) in [6.45, 7) is 4.88. The third kappa shape index (κ3) is 4.34. The topological polar surface area (TPSA) is 83.8 Å². The fourth-order valence-electron chi connectivity index (χ4n) is 3.93. The second kappa shape index (κ2) is 8.11. The molecule has 0 saturated carbocycles. The normalized spacial score (nSPS) is 17.9. The number of aromatic nitrogens is 2. The maximum atomic E-state index is 12.4. The first-order valence-corrected chi connectivity index (χ1v) is 10.6. The van der Waals surface area contributed by atoms with Crippen molar-refractivity contribution in [3.05, 3.63) is 60.4 Å². The summed E-state index contributed by atoms with van der Waals surface area (Å²) in [7, 11) is 0. The zero-order chi connectivity index (χ0) is 22.1. The van der Waals surface area contributed by atoms with Crippen LogP contribution < -0.4 is 24.3 Å². The molecule has 0 fully saturated rings. The van der Waals surface area contributed by atoms with Crippen molar-refractivity contribution in [2.75, 3.05) is 18.5 Å². The van der Waals surface area contributed by atoms with E-state index in [-0.39, 0.29) is 24.2 Å². The van der Waals surface area contributed by atoms with Crippen LogP contribution in [0.1, 0.15) is 19.4 Å². The Balaban J connectivity index is 1.14. The van der Waals surface area contributed by atoms with Crippen LogP contribution in [0.4, 0.5) is 5.69 Å². The van der Waals surface area contributed by atoms with Gasteiger partial charge in [0.2, 0.25) is 0 Å². The maximum Gasteiger partial charge on any atom is 0.262 e. The van der Waals surface area contributed by atoms with Gasteiger partial charge in [0.1, 0.15) is 12.2 Å². The first kappa shape index (κ1) is 20.2. The molecule has 0 spiro atoms. The highest BCUT2D eigenvalue weighted by atomic mass is 16.6. The summed E-state index contributed by atoms with van der Waals surface area (Å²) in [5, 5.41) is 7.12. The molecule has 1 N–H and O–H groups in total. The first-order valence-electron chi connectivity index (χ1n) is 10.6. The van der Waals surface area contributed by atoms with E-state index in [1.807, 2.05) is 56.3 Å². The second-order valence-electron chi connectivity index (χ2n) is 8.57. The first-order chi connectivity index (χ1) is 15.4. The summed E-state index contributed by atoms with van der Waals surface area (Å²) in [6.07, 6.45) is 4.00. The van der Waals surface area contributed by atoms with Crippen molar-refractivity contribution in [1.29, 1.82) is 0 Å². The third-order valence-corrected chi connectivity index (χ3v) is 5.29. The minimum Gasteiger partial charge on any atom is -0.486 e. The number of anilines is 1. The van der Waals surface area contributed by atoms with E-state index in [2.05, 4.69) is 10.4 Å². The van der Waals surface area contributed by atoms with Gasteiger partial charge >= 0.3 is 0 Å². The van der Waals surface area contributed by atoms with Gasteiger partial charge in [-0.15, -0.1) is 0 Å². The average molecular weight is 435 g/mol. The zero-order valence-electron chi connectivity index (χ0n) is 18.0. The second-order valence-corrected chi connectivity index (χ2v) is 8.57. The Morgan fingerprint density at radius 3 is 2.94 bits per heavy atom. The number of amides is 1. The van der Waals surface area contributed by atoms with E-state index in [1.165, 1.54) is 0 Å². The molecule has 5 rings (SSSR count). The van der Waals surface area contributed by atoms with E-state index in [9.17, 15) is 4.79 Å². The predicted octanol–water partition coefficient (Wildman–Crippen LogP) is 3.45. The molecular formula is C24H25N3O5.